The highest BCUT2D eigenvalue weighted by Crippen LogP contribution is 2.19. The number of hydrogen-bond donors (Lipinski definition) is 1. The van der Waals surface area contributed by atoms with Gasteiger partial charge in [-0.05, 0) is 31.4 Å². The minimum atomic E-state index is -4.87. The molecule has 1 aliphatic rings. The Balaban J connectivity index is 1.91. The van der Waals surface area contributed by atoms with Crippen molar-refractivity contribution in [2.75, 3.05) is 13.1 Å². The van der Waals surface area contributed by atoms with Crippen LogP contribution < -0.4 is 5.32 Å². The SMILES string of the molecule is Cc1ccccc1C(=O)N1CCC(NC(=O)C(F)(F)F)CC1. The molecule has 0 aliphatic carbocycles. The molecule has 0 saturated carbocycles. The molecule has 1 saturated heterocycles. The van der Waals surface area contributed by atoms with Crippen molar-refractivity contribution in [3.63, 3.8) is 0 Å². The van der Waals surface area contributed by atoms with Crippen LogP contribution in [0.1, 0.15) is 28.8 Å². The van der Waals surface area contributed by atoms with Crippen LogP contribution in [0.2, 0.25) is 0 Å². The van der Waals surface area contributed by atoms with E-state index in [1.165, 1.54) is 0 Å². The minimum absolute atomic E-state index is 0.126. The van der Waals surface area contributed by atoms with Crippen molar-refractivity contribution in [2.45, 2.75) is 32.0 Å². The number of rotatable bonds is 2. The van der Waals surface area contributed by atoms with Gasteiger partial charge in [-0.3, -0.25) is 9.59 Å². The third kappa shape index (κ3) is 3.78. The Morgan fingerprint density at radius 3 is 2.32 bits per heavy atom. The van der Waals surface area contributed by atoms with Gasteiger partial charge in [0.1, 0.15) is 0 Å². The maximum Gasteiger partial charge on any atom is 0.471 e. The van der Waals surface area contributed by atoms with Crippen LogP contribution in [0.15, 0.2) is 24.3 Å². The molecule has 7 heteroatoms. The highest BCUT2D eigenvalue weighted by atomic mass is 19.4. The summed E-state index contributed by atoms with van der Waals surface area (Å²) in [6.45, 7) is 2.50. The van der Waals surface area contributed by atoms with Crippen LogP contribution >= 0.6 is 0 Å². The molecule has 1 heterocycles. The van der Waals surface area contributed by atoms with Crippen LogP contribution in [0.25, 0.3) is 0 Å². The predicted molar refractivity (Wildman–Crippen MR) is 74.3 cm³/mol. The molecule has 0 unspecified atom stereocenters. The zero-order valence-corrected chi connectivity index (χ0v) is 12.1. The molecule has 1 aromatic carbocycles. The van der Waals surface area contributed by atoms with Crippen LogP contribution in [-0.4, -0.2) is 42.0 Å². The maximum absolute atomic E-state index is 12.4. The molecule has 0 radical (unpaired) electrons. The molecular weight excluding hydrogens is 297 g/mol. The molecule has 0 spiro atoms. The summed E-state index contributed by atoms with van der Waals surface area (Å²) in [6.07, 6.45) is -4.23. The predicted octanol–water partition coefficient (Wildman–Crippen LogP) is 2.28. The summed E-state index contributed by atoms with van der Waals surface area (Å²) in [4.78, 5) is 24.9. The summed E-state index contributed by atoms with van der Waals surface area (Å²) in [5, 5.41) is 1.97. The van der Waals surface area contributed by atoms with E-state index < -0.39 is 18.1 Å². The van der Waals surface area contributed by atoms with Crippen LogP contribution in [0, 0.1) is 6.92 Å². The van der Waals surface area contributed by atoms with Gasteiger partial charge in [0.05, 0.1) is 0 Å². The van der Waals surface area contributed by atoms with Crippen molar-refractivity contribution in [3.05, 3.63) is 35.4 Å². The third-order valence-electron chi connectivity index (χ3n) is 3.75. The van der Waals surface area contributed by atoms with Gasteiger partial charge < -0.3 is 10.2 Å². The second kappa shape index (κ2) is 6.37. The molecule has 1 N–H and O–H groups in total. The largest absolute Gasteiger partial charge is 0.471 e. The van der Waals surface area contributed by atoms with Crippen molar-refractivity contribution in [1.82, 2.24) is 10.2 Å². The van der Waals surface area contributed by atoms with E-state index in [1.54, 1.807) is 17.0 Å². The van der Waals surface area contributed by atoms with Crippen LogP contribution in [0.3, 0.4) is 0 Å². The molecule has 0 bridgehead atoms. The Hall–Kier alpha value is -2.05. The van der Waals surface area contributed by atoms with Gasteiger partial charge in [0.25, 0.3) is 5.91 Å². The molecule has 0 aromatic heterocycles. The minimum Gasteiger partial charge on any atom is -0.345 e. The zero-order valence-electron chi connectivity index (χ0n) is 12.1. The first-order chi connectivity index (χ1) is 10.3. The Morgan fingerprint density at radius 1 is 1.18 bits per heavy atom. The number of carbonyl (C=O) groups is 2. The average Bonchev–Trinajstić information content (AvgIpc) is 2.47. The first-order valence-electron chi connectivity index (χ1n) is 7.01. The van der Waals surface area contributed by atoms with E-state index in [2.05, 4.69) is 0 Å². The summed E-state index contributed by atoms with van der Waals surface area (Å²) in [7, 11) is 0. The summed E-state index contributed by atoms with van der Waals surface area (Å²) < 4.78 is 36.6. The summed E-state index contributed by atoms with van der Waals surface area (Å²) >= 11 is 0. The molecule has 120 valence electrons. The van der Waals surface area contributed by atoms with Crippen molar-refractivity contribution >= 4 is 11.8 Å². The van der Waals surface area contributed by atoms with Gasteiger partial charge in [-0.2, -0.15) is 13.2 Å². The summed E-state index contributed by atoms with van der Waals surface area (Å²) in [5.41, 5.74) is 1.46. The number of amides is 2. The quantitative estimate of drug-likeness (QED) is 0.910. The number of hydrogen-bond acceptors (Lipinski definition) is 2. The Kier molecular flexibility index (Phi) is 4.73. The number of nitrogens with one attached hydrogen (secondary N) is 1. The monoisotopic (exact) mass is 314 g/mol. The molecule has 0 atom stereocenters. The molecular formula is C15H17F3N2O2. The highest BCUT2D eigenvalue weighted by Gasteiger charge is 2.40. The lowest BCUT2D eigenvalue weighted by Crippen LogP contribution is -2.49. The van der Waals surface area contributed by atoms with E-state index >= 15 is 0 Å². The third-order valence-corrected chi connectivity index (χ3v) is 3.75. The molecule has 1 fully saturated rings. The number of likely N-dealkylation sites (tertiary alicyclic amines) is 1. The lowest BCUT2D eigenvalue weighted by atomic mass is 10.0. The van der Waals surface area contributed by atoms with E-state index in [0.717, 1.165) is 5.56 Å². The van der Waals surface area contributed by atoms with Gasteiger partial charge in [0.15, 0.2) is 0 Å². The van der Waals surface area contributed by atoms with Gasteiger partial charge >= 0.3 is 12.1 Å². The number of halogens is 3. The standard InChI is InChI=1S/C15H17F3N2O2/c1-10-4-2-3-5-12(10)13(21)20-8-6-11(7-9-20)19-14(22)15(16,17)18/h2-5,11H,6-9H2,1H3,(H,19,22). The lowest BCUT2D eigenvalue weighted by molar-refractivity contribution is -0.174. The molecule has 22 heavy (non-hydrogen) atoms. The van der Waals surface area contributed by atoms with Crippen molar-refractivity contribution < 1.29 is 22.8 Å². The first-order valence-corrected chi connectivity index (χ1v) is 7.01. The van der Waals surface area contributed by atoms with E-state index in [9.17, 15) is 22.8 Å². The average molecular weight is 314 g/mol. The van der Waals surface area contributed by atoms with Gasteiger partial charge in [0, 0.05) is 24.7 Å². The summed E-state index contributed by atoms with van der Waals surface area (Å²) in [5.74, 6) is -2.05. The maximum atomic E-state index is 12.4. The second-order valence-electron chi connectivity index (χ2n) is 5.35. The highest BCUT2D eigenvalue weighted by molar-refractivity contribution is 5.95. The van der Waals surface area contributed by atoms with Gasteiger partial charge in [0.2, 0.25) is 0 Å². The Labute approximate surface area is 126 Å². The Morgan fingerprint density at radius 2 is 1.77 bits per heavy atom. The van der Waals surface area contributed by atoms with Crippen LogP contribution in [-0.2, 0) is 4.79 Å². The van der Waals surface area contributed by atoms with Crippen LogP contribution in [0.5, 0.6) is 0 Å². The van der Waals surface area contributed by atoms with Crippen molar-refractivity contribution in [2.24, 2.45) is 0 Å². The van der Waals surface area contributed by atoms with E-state index in [-0.39, 0.29) is 5.91 Å². The molecule has 2 rings (SSSR count). The molecule has 1 aliphatic heterocycles. The van der Waals surface area contributed by atoms with E-state index in [4.69, 9.17) is 0 Å². The van der Waals surface area contributed by atoms with Gasteiger partial charge in [-0.15, -0.1) is 0 Å². The van der Waals surface area contributed by atoms with E-state index in [1.807, 2.05) is 24.4 Å². The fourth-order valence-electron chi connectivity index (χ4n) is 2.48. The van der Waals surface area contributed by atoms with Crippen LogP contribution in [0.4, 0.5) is 13.2 Å². The van der Waals surface area contributed by atoms with Crippen molar-refractivity contribution in [1.29, 1.82) is 0 Å². The Bertz CT molecular complexity index is 564. The number of alkyl halides is 3. The van der Waals surface area contributed by atoms with Crippen molar-refractivity contribution in [3.8, 4) is 0 Å². The number of benzene rings is 1. The van der Waals surface area contributed by atoms with Gasteiger partial charge in [-0.25, -0.2) is 0 Å². The fraction of sp³-hybridized carbons (Fsp3) is 0.467. The number of piperidine rings is 1. The molecule has 2 amide bonds. The number of carbonyl (C=O) groups excluding carboxylic acids is 2. The van der Waals surface area contributed by atoms with Gasteiger partial charge in [-0.1, -0.05) is 18.2 Å². The number of nitrogens with zero attached hydrogens (tertiary/aromatic N) is 1. The zero-order chi connectivity index (χ0) is 16.3. The second-order valence-corrected chi connectivity index (χ2v) is 5.35. The first kappa shape index (κ1) is 16.3. The molecule has 4 nitrogen and oxygen atoms in total. The number of aryl methyl sites for hydroxylation is 1. The topological polar surface area (TPSA) is 49.4 Å². The molecule has 1 aromatic rings. The fourth-order valence-corrected chi connectivity index (χ4v) is 2.48. The van der Waals surface area contributed by atoms with E-state index in [0.29, 0.717) is 31.5 Å². The lowest BCUT2D eigenvalue weighted by Gasteiger charge is -2.32. The summed E-state index contributed by atoms with van der Waals surface area (Å²) in [6, 6.07) is 6.63. The smallest absolute Gasteiger partial charge is 0.345 e. The normalized spacial score (nSPS) is 16.5.